The summed E-state index contributed by atoms with van der Waals surface area (Å²) < 4.78 is 13.6. The smallest absolute Gasteiger partial charge is 0.335 e. The Kier molecular flexibility index (Phi) is 4.33. The predicted octanol–water partition coefficient (Wildman–Crippen LogP) is 3.01. The van der Waals surface area contributed by atoms with Gasteiger partial charge in [-0.2, -0.15) is 0 Å². The number of aryl methyl sites for hydroxylation is 1. The second kappa shape index (κ2) is 6.17. The van der Waals surface area contributed by atoms with Crippen LogP contribution in [0.2, 0.25) is 0 Å². The number of amides is 1. The molecule has 0 aliphatic rings. The number of carbonyl (C=O) groups excluding carboxylic acids is 1. The number of carboxylic acid groups (broad SMARTS) is 1. The van der Waals surface area contributed by atoms with Crippen LogP contribution < -0.4 is 5.32 Å². The summed E-state index contributed by atoms with van der Waals surface area (Å²) >= 11 is 0. The largest absolute Gasteiger partial charge is 0.478 e. The van der Waals surface area contributed by atoms with Crippen LogP contribution in [0.1, 0.15) is 21.5 Å². The first-order valence-electron chi connectivity index (χ1n) is 6.34. The van der Waals surface area contributed by atoms with Crippen LogP contribution in [-0.4, -0.2) is 17.0 Å². The molecule has 2 aromatic rings. The minimum atomic E-state index is -1.10. The first kappa shape index (κ1) is 14.7. The van der Waals surface area contributed by atoms with Gasteiger partial charge in [0.1, 0.15) is 5.82 Å². The van der Waals surface area contributed by atoms with E-state index < -0.39 is 17.7 Å². The maximum absolute atomic E-state index is 13.6. The molecule has 2 N–H and O–H groups in total. The average Bonchev–Trinajstić information content (AvgIpc) is 2.42. The molecule has 0 aliphatic heterocycles. The Hall–Kier alpha value is -2.69. The average molecular weight is 287 g/mol. The molecule has 0 aromatic heterocycles. The van der Waals surface area contributed by atoms with Gasteiger partial charge in [-0.05, 0) is 36.2 Å². The molecular weight excluding hydrogens is 273 g/mol. The van der Waals surface area contributed by atoms with Crippen molar-refractivity contribution in [2.24, 2.45) is 0 Å². The normalized spacial score (nSPS) is 10.2. The van der Waals surface area contributed by atoms with Crippen molar-refractivity contribution in [3.63, 3.8) is 0 Å². The van der Waals surface area contributed by atoms with Crippen molar-refractivity contribution < 1.29 is 19.1 Å². The van der Waals surface area contributed by atoms with Gasteiger partial charge in [-0.3, -0.25) is 4.79 Å². The monoisotopic (exact) mass is 287 g/mol. The lowest BCUT2D eigenvalue weighted by Gasteiger charge is -2.08. The Bertz CT molecular complexity index is 698. The van der Waals surface area contributed by atoms with E-state index in [1.807, 2.05) is 0 Å². The zero-order valence-corrected chi connectivity index (χ0v) is 11.4. The van der Waals surface area contributed by atoms with E-state index in [9.17, 15) is 14.0 Å². The summed E-state index contributed by atoms with van der Waals surface area (Å²) in [6.07, 6.45) is -0.129. The number of anilines is 1. The molecule has 0 unspecified atom stereocenters. The topological polar surface area (TPSA) is 66.4 Å². The van der Waals surface area contributed by atoms with Gasteiger partial charge in [-0.15, -0.1) is 0 Å². The van der Waals surface area contributed by atoms with Crippen LogP contribution in [0.15, 0.2) is 42.5 Å². The first-order valence-corrected chi connectivity index (χ1v) is 6.34. The molecule has 0 heterocycles. The fourth-order valence-corrected chi connectivity index (χ4v) is 1.97. The van der Waals surface area contributed by atoms with Crippen LogP contribution in [0, 0.1) is 12.7 Å². The SMILES string of the molecule is Cc1ccc(NC(=O)Cc2ccccc2C(=O)O)c(F)c1. The van der Waals surface area contributed by atoms with Crippen molar-refractivity contribution in [3.05, 3.63) is 65.0 Å². The van der Waals surface area contributed by atoms with Crippen LogP contribution in [0.3, 0.4) is 0 Å². The lowest BCUT2D eigenvalue weighted by molar-refractivity contribution is -0.115. The number of rotatable bonds is 4. The van der Waals surface area contributed by atoms with E-state index in [1.165, 1.54) is 18.2 Å². The minimum Gasteiger partial charge on any atom is -0.478 e. The summed E-state index contributed by atoms with van der Waals surface area (Å²) in [6, 6.07) is 10.7. The van der Waals surface area contributed by atoms with Crippen molar-refractivity contribution in [1.29, 1.82) is 0 Å². The summed E-state index contributed by atoms with van der Waals surface area (Å²) in [5.41, 5.74) is 1.28. The van der Waals surface area contributed by atoms with Crippen LogP contribution >= 0.6 is 0 Å². The Balaban J connectivity index is 2.14. The van der Waals surface area contributed by atoms with Crippen molar-refractivity contribution in [2.45, 2.75) is 13.3 Å². The lowest BCUT2D eigenvalue weighted by Crippen LogP contribution is -2.17. The fraction of sp³-hybridized carbons (Fsp3) is 0.125. The molecule has 5 heteroatoms. The summed E-state index contributed by atoms with van der Waals surface area (Å²) in [7, 11) is 0. The molecule has 0 saturated heterocycles. The second-order valence-corrected chi connectivity index (χ2v) is 4.67. The number of benzene rings is 2. The maximum Gasteiger partial charge on any atom is 0.335 e. The number of nitrogens with one attached hydrogen (secondary N) is 1. The number of hydrogen-bond donors (Lipinski definition) is 2. The molecule has 0 spiro atoms. The van der Waals surface area contributed by atoms with Crippen LogP contribution in [0.25, 0.3) is 0 Å². The predicted molar refractivity (Wildman–Crippen MR) is 76.9 cm³/mol. The first-order chi connectivity index (χ1) is 9.97. The molecule has 1 amide bonds. The van der Waals surface area contributed by atoms with Gasteiger partial charge in [0.15, 0.2) is 0 Å². The summed E-state index contributed by atoms with van der Waals surface area (Å²) in [6.45, 7) is 1.75. The maximum atomic E-state index is 13.6. The molecule has 2 rings (SSSR count). The van der Waals surface area contributed by atoms with Crippen molar-refractivity contribution >= 4 is 17.6 Å². The van der Waals surface area contributed by atoms with E-state index in [4.69, 9.17) is 5.11 Å². The third-order valence-corrected chi connectivity index (χ3v) is 3.00. The molecule has 0 aliphatic carbocycles. The molecule has 0 bridgehead atoms. The van der Waals surface area contributed by atoms with Crippen molar-refractivity contribution in [2.75, 3.05) is 5.32 Å². The van der Waals surface area contributed by atoms with Crippen molar-refractivity contribution in [1.82, 2.24) is 0 Å². The summed E-state index contributed by atoms with van der Waals surface area (Å²) in [4.78, 5) is 23.0. The molecule has 0 atom stereocenters. The Morgan fingerprint density at radius 2 is 1.90 bits per heavy atom. The molecule has 108 valence electrons. The molecular formula is C16H14FNO3. The number of hydrogen-bond acceptors (Lipinski definition) is 2. The van der Waals surface area contributed by atoms with E-state index in [-0.39, 0.29) is 17.7 Å². The van der Waals surface area contributed by atoms with Crippen LogP contribution in [0.4, 0.5) is 10.1 Å². The molecule has 21 heavy (non-hydrogen) atoms. The van der Waals surface area contributed by atoms with Gasteiger partial charge in [-0.1, -0.05) is 24.3 Å². The van der Waals surface area contributed by atoms with Gasteiger partial charge < -0.3 is 10.4 Å². The molecule has 0 fully saturated rings. The second-order valence-electron chi connectivity index (χ2n) is 4.67. The highest BCUT2D eigenvalue weighted by Gasteiger charge is 2.13. The number of aromatic carboxylic acids is 1. The van der Waals surface area contributed by atoms with Crippen LogP contribution in [-0.2, 0) is 11.2 Å². The van der Waals surface area contributed by atoms with Crippen molar-refractivity contribution in [3.8, 4) is 0 Å². The van der Waals surface area contributed by atoms with Gasteiger partial charge >= 0.3 is 5.97 Å². The Morgan fingerprint density at radius 1 is 1.19 bits per heavy atom. The van der Waals surface area contributed by atoms with Gasteiger partial charge in [0.05, 0.1) is 17.7 Å². The minimum absolute atomic E-state index is 0.0667. The van der Waals surface area contributed by atoms with E-state index in [2.05, 4.69) is 5.32 Å². The van der Waals surface area contributed by atoms with Gasteiger partial charge in [0.25, 0.3) is 0 Å². The quantitative estimate of drug-likeness (QED) is 0.908. The zero-order chi connectivity index (χ0) is 15.4. The highest BCUT2D eigenvalue weighted by atomic mass is 19.1. The molecule has 0 saturated carbocycles. The zero-order valence-electron chi connectivity index (χ0n) is 11.4. The highest BCUT2D eigenvalue weighted by molar-refractivity contribution is 5.96. The van der Waals surface area contributed by atoms with E-state index >= 15 is 0 Å². The summed E-state index contributed by atoms with van der Waals surface area (Å²) in [5.74, 6) is -2.08. The fourth-order valence-electron chi connectivity index (χ4n) is 1.97. The third-order valence-electron chi connectivity index (χ3n) is 3.00. The van der Waals surface area contributed by atoms with E-state index in [0.29, 0.717) is 5.56 Å². The Labute approximate surface area is 121 Å². The van der Waals surface area contributed by atoms with Gasteiger partial charge in [-0.25, -0.2) is 9.18 Å². The number of carboxylic acids is 1. The standard InChI is InChI=1S/C16H14FNO3/c1-10-6-7-14(13(17)8-10)18-15(19)9-11-4-2-3-5-12(11)16(20)21/h2-8H,9H2,1H3,(H,18,19)(H,20,21). The molecule has 2 aromatic carbocycles. The summed E-state index contributed by atoms with van der Waals surface area (Å²) in [5, 5.41) is 11.5. The number of carbonyl (C=O) groups is 2. The highest BCUT2D eigenvalue weighted by Crippen LogP contribution is 2.16. The Morgan fingerprint density at radius 3 is 2.57 bits per heavy atom. The van der Waals surface area contributed by atoms with Gasteiger partial charge in [0.2, 0.25) is 5.91 Å². The van der Waals surface area contributed by atoms with Gasteiger partial charge in [0, 0.05) is 0 Å². The third kappa shape index (κ3) is 3.66. The lowest BCUT2D eigenvalue weighted by atomic mass is 10.0. The molecule has 0 radical (unpaired) electrons. The number of halogens is 1. The van der Waals surface area contributed by atoms with E-state index in [1.54, 1.807) is 31.2 Å². The van der Waals surface area contributed by atoms with E-state index in [0.717, 1.165) is 5.56 Å². The van der Waals surface area contributed by atoms with Crippen LogP contribution in [0.5, 0.6) is 0 Å². The molecule has 4 nitrogen and oxygen atoms in total.